The second-order valence-electron chi connectivity index (χ2n) is 6.30. The molecule has 1 aromatic carbocycles. The van der Waals surface area contributed by atoms with E-state index in [1.807, 2.05) is 38.1 Å². The first kappa shape index (κ1) is 20.5. The standard InChI is InChI=1S/C18H28ClN3O2/c1-5-18(6-2,14-7-9-15(19)10-8-14)21-12-16(23)22-17(24)20-11-13(3)4/h7-10,13,21H,5-6,11-12H2,1-4H3,(H2,20,22,23,24). The number of carbonyl (C=O) groups is 2. The van der Waals surface area contributed by atoms with E-state index in [0.29, 0.717) is 17.5 Å². The molecule has 0 fully saturated rings. The maximum atomic E-state index is 12.0. The van der Waals surface area contributed by atoms with Gasteiger partial charge >= 0.3 is 6.03 Å². The van der Waals surface area contributed by atoms with Gasteiger partial charge in [0, 0.05) is 17.1 Å². The Labute approximate surface area is 149 Å². The Bertz CT molecular complexity index is 540. The summed E-state index contributed by atoms with van der Waals surface area (Å²) < 4.78 is 0. The maximum absolute atomic E-state index is 12.0. The Balaban J connectivity index is 2.64. The molecule has 0 aliphatic rings. The second-order valence-corrected chi connectivity index (χ2v) is 6.74. The molecule has 24 heavy (non-hydrogen) atoms. The molecule has 1 rings (SSSR count). The summed E-state index contributed by atoms with van der Waals surface area (Å²) in [6.45, 7) is 8.72. The van der Waals surface area contributed by atoms with Crippen LogP contribution in [0.25, 0.3) is 0 Å². The van der Waals surface area contributed by atoms with E-state index in [-0.39, 0.29) is 18.0 Å². The Hall–Kier alpha value is -1.59. The highest BCUT2D eigenvalue weighted by molar-refractivity contribution is 6.30. The largest absolute Gasteiger partial charge is 0.338 e. The molecule has 0 atom stereocenters. The third-order valence-electron chi connectivity index (χ3n) is 4.12. The first-order valence-electron chi connectivity index (χ1n) is 8.41. The van der Waals surface area contributed by atoms with Gasteiger partial charge in [0.05, 0.1) is 6.54 Å². The van der Waals surface area contributed by atoms with Crippen molar-refractivity contribution in [1.82, 2.24) is 16.0 Å². The molecular weight excluding hydrogens is 326 g/mol. The number of imide groups is 1. The van der Waals surface area contributed by atoms with Gasteiger partial charge in [-0.05, 0) is 36.5 Å². The molecule has 0 aliphatic carbocycles. The van der Waals surface area contributed by atoms with Crippen molar-refractivity contribution in [3.05, 3.63) is 34.9 Å². The highest BCUT2D eigenvalue weighted by Crippen LogP contribution is 2.29. The number of urea groups is 1. The number of benzene rings is 1. The van der Waals surface area contributed by atoms with E-state index < -0.39 is 6.03 Å². The fraction of sp³-hybridized carbons (Fsp3) is 0.556. The summed E-state index contributed by atoms with van der Waals surface area (Å²) in [4.78, 5) is 23.7. The predicted molar refractivity (Wildman–Crippen MR) is 98.1 cm³/mol. The first-order chi connectivity index (χ1) is 11.3. The van der Waals surface area contributed by atoms with Crippen LogP contribution in [0.3, 0.4) is 0 Å². The van der Waals surface area contributed by atoms with E-state index in [1.54, 1.807) is 0 Å². The van der Waals surface area contributed by atoms with Crippen molar-refractivity contribution in [2.24, 2.45) is 5.92 Å². The van der Waals surface area contributed by atoms with Crippen LogP contribution in [0.4, 0.5) is 4.79 Å². The number of carbonyl (C=O) groups excluding carboxylic acids is 2. The van der Waals surface area contributed by atoms with Crippen LogP contribution in [0.15, 0.2) is 24.3 Å². The topological polar surface area (TPSA) is 70.2 Å². The van der Waals surface area contributed by atoms with E-state index >= 15 is 0 Å². The van der Waals surface area contributed by atoms with Gasteiger partial charge in [-0.15, -0.1) is 0 Å². The van der Waals surface area contributed by atoms with E-state index in [4.69, 9.17) is 11.6 Å². The summed E-state index contributed by atoms with van der Waals surface area (Å²) in [7, 11) is 0. The van der Waals surface area contributed by atoms with Crippen LogP contribution >= 0.6 is 11.6 Å². The average Bonchev–Trinajstić information content (AvgIpc) is 2.55. The molecule has 0 heterocycles. The molecule has 5 nitrogen and oxygen atoms in total. The van der Waals surface area contributed by atoms with Gasteiger partial charge in [-0.25, -0.2) is 4.79 Å². The van der Waals surface area contributed by atoms with Crippen molar-refractivity contribution < 1.29 is 9.59 Å². The highest BCUT2D eigenvalue weighted by Gasteiger charge is 2.28. The van der Waals surface area contributed by atoms with Gasteiger partial charge in [0.2, 0.25) is 5.91 Å². The molecule has 3 N–H and O–H groups in total. The molecule has 0 spiro atoms. The van der Waals surface area contributed by atoms with E-state index in [2.05, 4.69) is 29.8 Å². The molecule has 134 valence electrons. The number of hydrogen-bond donors (Lipinski definition) is 3. The minimum absolute atomic E-state index is 0.0689. The number of rotatable bonds is 8. The van der Waals surface area contributed by atoms with Crippen LogP contribution in [-0.2, 0) is 10.3 Å². The van der Waals surface area contributed by atoms with Crippen molar-refractivity contribution in [2.45, 2.75) is 46.1 Å². The number of hydrogen-bond acceptors (Lipinski definition) is 3. The zero-order valence-corrected chi connectivity index (χ0v) is 15.7. The van der Waals surface area contributed by atoms with E-state index in [0.717, 1.165) is 18.4 Å². The molecule has 6 heteroatoms. The van der Waals surface area contributed by atoms with E-state index in [9.17, 15) is 9.59 Å². The molecule has 0 saturated heterocycles. The molecule has 0 aromatic heterocycles. The smallest absolute Gasteiger partial charge is 0.321 e. The van der Waals surface area contributed by atoms with Crippen LogP contribution in [0, 0.1) is 5.92 Å². The minimum Gasteiger partial charge on any atom is -0.338 e. The monoisotopic (exact) mass is 353 g/mol. The van der Waals surface area contributed by atoms with Crippen molar-refractivity contribution in [1.29, 1.82) is 0 Å². The molecular formula is C18H28ClN3O2. The van der Waals surface area contributed by atoms with Gasteiger partial charge < -0.3 is 5.32 Å². The summed E-state index contributed by atoms with van der Waals surface area (Å²) in [5, 5.41) is 8.99. The Morgan fingerprint density at radius 2 is 1.71 bits per heavy atom. The van der Waals surface area contributed by atoms with Gasteiger partial charge in [-0.2, -0.15) is 0 Å². The Morgan fingerprint density at radius 3 is 2.21 bits per heavy atom. The second kappa shape index (κ2) is 9.64. The van der Waals surface area contributed by atoms with Crippen molar-refractivity contribution >= 4 is 23.5 Å². The summed E-state index contributed by atoms with van der Waals surface area (Å²) in [5.74, 6) is -0.0155. The fourth-order valence-electron chi connectivity index (χ4n) is 2.54. The van der Waals surface area contributed by atoms with Crippen molar-refractivity contribution in [3.8, 4) is 0 Å². The summed E-state index contributed by atoms with van der Waals surface area (Å²) in [5.41, 5.74) is 0.755. The number of nitrogens with one attached hydrogen (secondary N) is 3. The zero-order valence-electron chi connectivity index (χ0n) is 14.9. The van der Waals surface area contributed by atoms with Crippen molar-refractivity contribution in [2.75, 3.05) is 13.1 Å². The maximum Gasteiger partial charge on any atom is 0.321 e. The molecule has 0 aliphatic heterocycles. The predicted octanol–water partition coefficient (Wildman–Crippen LogP) is 3.43. The lowest BCUT2D eigenvalue weighted by molar-refractivity contribution is -0.119. The fourth-order valence-corrected chi connectivity index (χ4v) is 2.67. The van der Waals surface area contributed by atoms with Gasteiger partial charge in [-0.3, -0.25) is 15.4 Å². The average molecular weight is 354 g/mol. The molecule has 0 bridgehead atoms. The minimum atomic E-state index is -0.458. The molecule has 3 amide bonds. The molecule has 0 radical (unpaired) electrons. The number of amides is 3. The van der Waals surface area contributed by atoms with Crippen LogP contribution in [0.5, 0.6) is 0 Å². The summed E-state index contributed by atoms with van der Waals surface area (Å²) in [6.07, 6.45) is 1.63. The summed E-state index contributed by atoms with van der Waals surface area (Å²) in [6, 6.07) is 7.17. The van der Waals surface area contributed by atoms with Gasteiger partial charge in [-0.1, -0.05) is 51.4 Å². The first-order valence-corrected chi connectivity index (χ1v) is 8.79. The third kappa shape index (κ3) is 6.13. The SMILES string of the molecule is CCC(CC)(NCC(=O)NC(=O)NCC(C)C)c1ccc(Cl)cc1. The van der Waals surface area contributed by atoms with Crippen LogP contribution < -0.4 is 16.0 Å². The van der Waals surface area contributed by atoms with Crippen LogP contribution in [-0.4, -0.2) is 25.0 Å². The lowest BCUT2D eigenvalue weighted by atomic mass is 9.84. The number of halogens is 1. The highest BCUT2D eigenvalue weighted by atomic mass is 35.5. The molecule has 1 aromatic rings. The van der Waals surface area contributed by atoms with Gasteiger partial charge in [0.25, 0.3) is 0 Å². The molecule has 0 saturated carbocycles. The molecule has 0 unspecified atom stereocenters. The van der Waals surface area contributed by atoms with Gasteiger partial charge in [0.15, 0.2) is 0 Å². The van der Waals surface area contributed by atoms with Crippen LogP contribution in [0.2, 0.25) is 5.02 Å². The van der Waals surface area contributed by atoms with E-state index in [1.165, 1.54) is 0 Å². The lowest BCUT2D eigenvalue weighted by Crippen LogP contribution is -2.49. The van der Waals surface area contributed by atoms with Crippen LogP contribution in [0.1, 0.15) is 46.1 Å². The Kier molecular flexibility index (Phi) is 8.22. The van der Waals surface area contributed by atoms with Crippen molar-refractivity contribution in [3.63, 3.8) is 0 Å². The zero-order chi connectivity index (χ0) is 18.2. The summed E-state index contributed by atoms with van der Waals surface area (Å²) >= 11 is 5.96. The van der Waals surface area contributed by atoms with Gasteiger partial charge in [0.1, 0.15) is 0 Å². The Morgan fingerprint density at radius 1 is 1.12 bits per heavy atom. The normalized spacial score (nSPS) is 11.4. The third-order valence-corrected chi connectivity index (χ3v) is 4.37. The quantitative estimate of drug-likeness (QED) is 0.670. The lowest BCUT2D eigenvalue weighted by Gasteiger charge is -2.33.